The number of carbonyl (C=O) groups is 2. The molecule has 5 aliphatic carbocycles. The Kier molecular flexibility index (Phi) is 4.41. The van der Waals surface area contributed by atoms with Crippen LogP contribution < -0.4 is 10.4 Å². The fourth-order valence-corrected chi connectivity index (χ4v) is 6.94. The monoisotopic (exact) mass is 344 g/mol. The van der Waals surface area contributed by atoms with Crippen LogP contribution in [0.2, 0.25) is 0 Å². The lowest BCUT2D eigenvalue weighted by atomic mass is 9.47. The third-order valence-electron chi connectivity index (χ3n) is 7.62. The first-order valence-electron chi connectivity index (χ1n) is 10.2. The van der Waals surface area contributed by atoms with E-state index in [1.165, 1.54) is 38.5 Å². The summed E-state index contributed by atoms with van der Waals surface area (Å²) in [5, 5.41) is 14.7. The average molecular weight is 344 g/mol. The number of hydrogen-bond acceptors (Lipinski definition) is 3. The van der Waals surface area contributed by atoms with Gasteiger partial charge in [-0.1, -0.05) is 19.1 Å². The molecule has 5 rings (SSSR count). The topological polar surface area (TPSA) is 69.2 Å². The molecule has 3 atom stereocenters. The van der Waals surface area contributed by atoms with Crippen molar-refractivity contribution < 1.29 is 14.7 Å². The van der Waals surface area contributed by atoms with Crippen LogP contribution in [0.25, 0.3) is 0 Å². The zero-order valence-electron chi connectivity index (χ0n) is 15.2. The summed E-state index contributed by atoms with van der Waals surface area (Å²) in [5.41, 5.74) is 0.265. The van der Waals surface area contributed by atoms with E-state index in [2.05, 4.69) is 12.2 Å². The van der Waals surface area contributed by atoms with Crippen molar-refractivity contribution >= 4 is 11.9 Å². The maximum absolute atomic E-state index is 12.9. The standard InChI is InChI=1S/C21H31NO3/c1-2-18(21-10-13-7-14(11-21)9-15(8-13)12-21)22-19(23)16-5-3-4-6-17(16)20(24)25/h3-4,13-18H,2,5-12H2,1H3,(H,22,23)(H,24,25)/p-1/t13?,14?,15?,16-,17+,18+,21?/m1/s1. The number of allylic oxidation sites excluding steroid dienone is 2. The molecule has 5 aliphatic rings. The molecule has 0 heterocycles. The van der Waals surface area contributed by atoms with Gasteiger partial charge in [0, 0.05) is 23.8 Å². The summed E-state index contributed by atoms with van der Waals surface area (Å²) in [6.07, 6.45) is 13.6. The Bertz CT molecular complexity index is 546. The van der Waals surface area contributed by atoms with Crippen LogP contribution in [0.3, 0.4) is 0 Å². The number of carbonyl (C=O) groups excluding carboxylic acids is 2. The Labute approximate surface area is 150 Å². The first kappa shape index (κ1) is 17.1. The van der Waals surface area contributed by atoms with Crippen LogP contribution in [-0.2, 0) is 9.59 Å². The number of aliphatic carboxylic acids is 1. The van der Waals surface area contributed by atoms with Crippen molar-refractivity contribution in [1.29, 1.82) is 0 Å². The third kappa shape index (κ3) is 3.02. The zero-order valence-corrected chi connectivity index (χ0v) is 15.2. The highest BCUT2D eigenvalue weighted by molar-refractivity contribution is 5.85. The quantitative estimate of drug-likeness (QED) is 0.779. The Balaban J connectivity index is 1.49. The molecule has 4 fully saturated rings. The molecule has 1 N–H and O–H groups in total. The number of amides is 1. The summed E-state index contributed by atoms with van der Waals surface area (Å²) in [4.78, 5) is 24.4. The lowest BCUT2D eigenvalue weighted by Gasteiger charge is -2.59. The lowest BCUT2D eigenvalue weighted by Crippen LogP contribution is -2.58. The molecule has 0 saturated heterocycles. The second-order valence-electron chi connectivity index (χ2n) is 9.22. The smallest absolute Gasteiger partial charge is 0.224 e. The number of rotatable bonds is 5. The van der Waals surface area contributed by atoms with Crippen molar-refractivity contribution in [1.82, 2.24) is 5.32 Å². The molecule has 0 aromatic heterocycles. The highest BCUT2D eigenvalue weighted by Gasteiger charge is 2.54. The van der Waals surface area contributed by atoms with Gasteiger partial charge in [-0.25, -0.2) is 0 Å². The molecule has 4 nitrogen and oxygen atoms in total. The van der Waals surface area contributed by atoms with Crippen LogP contribution in [0, 0.1) is 35.0 Å². The summed E-state index contributed by atoms with van der Waals surface area (Å²) in [6, 6.07) is 0.196. The molecule has 0 spiro atoms. The van der Waals surface area contributed by atoms with Crippen molar-refractivity contribution in [3.8, 4) is 0 Å². The van der Waals surface area contributed by atoms with Gasteiger partial charge in [0.25, 0.3) is 0 Å². The minimum atomic E-state index is -1.09. The first-order chi connectivity index (χ1) is 12.0. The second kappa shape index (κ2) is 6.44. The molecule has 0 aromatic rings. The summed E-state index contributed by atoms with van der Waals surface area (Å²) >= 11 is 0. The van der Waals surface area contributed by atoms with Crippen LogP contribution in [-0.4, -0.2) is 17.9 Å². The Hall–Kier alpha value is -1.32. The number of carboxylic acids is 1. The molecule has 1 amide bonds. The summed E-state index contributed by atoms with van der Waals surface area (Å²) < 4.78 is 0. The summed E-state index contributed by atoms with van der Waals surface area (Å²) in [6.45, 7) is 2.17. The van der Waals surface area contributed by atoms with Crippen molar-refractivity contribution in [2.45, 2.75) is 70.8 Å². The Morgan fingerprint density at radius 3 is 2.04 bits per heavy atom. The maximum atomic E-state index is 12.9. The van der Waals surface area contributed by atoms with Gasteiger partial charge < -0.3 is 15.2 Å². The van der Waals surface area contributed by atoms with Crippen molar-refractivity contribution in [3.05, 3.63) is 12.2 Å². The molecule has 0 radical (unpaired) electrons. The SMILES string of the molecule is CC[C@H](NC(=O)[C@@H]1CC=CC[C@@H]1C(=O)[O-])C12CC3CC(CC(C3)C1)C2. The number of carboxylic acid groups (broad SMARTS) is 1. The Morgan fingerprint density at radius 1 is 1.04 bits per heavy atom. The number of hydrogen-bond donors (Lipinski definition) is 1. The van der Waals surface area contributed by atoms with E-state index in [-0.39, 0.29) is 17.4 Å². The van der Waals surface area contributed by atoms with E-state index in [4.69, 9.17) is 0 Å². The van der Waals surface area contributed by atoms with Gasteiger partial charge in [0.05, 0.1) is 0 Å². The van der Waals surface area contributed by atoms with Gasteiger partial charge in [-0.05, 0) is 81.0 Å². The molecule has 0 aliphatic heterocycles. The predicted octanol–water partition coefficient (Wildman–Crippen LogP) is 2.43. The van der Waals surface area contributed by atoms with Crippen LogP contribution in [0.1, 0.15) is 64.7 Å². The normalized spacial score (nSPS) is 43.0. The largest absolute Gasteiger partial charge is 0.550 e. The molecule has 0 unspecified atom stereocenters. The van der Waals surface area contributed by atoms with Gasteiger partial charge in [0.2, 0.25) is 5.91 Å². The molecule has 4 saturated carbocycles. The van der Waals surface area contributed by atoms with Crippen molar-refractivity contribution in [2.75, 3.05) is 0 Å². The van der Waals surface area contributed by atoms with Crippen LogP contribution in [0.15, 0.2) is 12.2 Å². The third-order valence-corrected chi connectivity index (χ3v) is 7.62. The molecular formula is C21H30NO3-. The van der Waals surface area contributed by atoms with E-state index in [0.717, 1.165) is 24.2 Å². The second-order valence-corrected chi connectivity index (χ2v) is 9.22. The van der Waals surface area contributed by atoms with E-state index in [0.29, 0.717) is 12.8 Å². The highest BCUT2D eigenvalue weighted by atomic mass is 16.4. The average Bonchev–Trinajstić information content (AvgIpc) is 2.58. The van der Waals surface area contributed by atoms with Gasteiger partial charge in [-0.2, -0.15) is 0 Å². The molecule has 138 valence electrons. The van der Waals surface area contributed by atoms with E-state index in [9.17, 15) is 14.7 Å². The predicted molar refractivity (Wildman–Crippen MR) is 93.2 cm³/mol. The van der Waals surface area contributed by atoms with E-state index in [1.807, 2.05) is 12.2 Å². The molecular weight excluding hydrogens is 314 g/mol. The fourth-order valence-electron chi connectivity index (χ4n) is 6.94. The van der Waals surface area contributed by atoms with Gasteiger partial charge >= 0.3 is 0 Å². The lowest BCUT2D eigenvalue weighted by molar-refractivity contribution is -0.313. The van der Waals surface area contributed by atoms with Crippen molar-refractivity contribution in [3.63, 3.8) is 0 Å². The number of nitrogens with one attached hydrogen (secondary N) is 1. The molecule has 4 heteroatoms. The van der Waals surface area contributed by atoms with E-state index < -0.39 is 17.8 Å². The van der Waals surface area contributed by atoms with E-state index >= 15 is 0 Å². The molecule has 0 aromatic carbocycles. The molecule has 25 heavy (non-hydrogen) atoms. The van der Waals surface area contributed by atoms with E-state index in [1.54, 1.807) is 0 Å². The first-order valence-corrected chi connectivity index (χ1v) is 10.2. The minimum Gasteiger partial charge on any atom is -0.550 e. The highest BCUT2D eigenvalue weighted by Crippen LogP contribution is 2.61. The van der Waals surface area contributed by atoms with Gasteiger partial charge in [-0.3, -0.25) is 4.79 Å². The summed E-state index contributed by atoms with van der Waals surface area (Å²) in [7, 11) is 0. The van der Waals surface area contributed by atoms with Crippen LogP contribution in [0.4, 0.5) is 0 Å². The minimum absolute atomic E-state index is 0.0684. The zero-order chi connectivity index (χ0) is 17.6. The van der Waals surface area contributed by atoms with Crippen LogP contribution >= 0.6 is 0 Å². The molecule has 4 bridgehead atoms. The fraction of sp³-hybridized carbons (Fsp3) is 0.810. The van der Waals surface area contributed by atoms with Gasteiger partial charge in [0.15, 0.2) is 0 Å². The van der Waals surface area contributed by atoms with Gasteiger partial charge in [0.1, 0.15) is 0 Å². The van der Waals surface area contributed by atoms with Crippen LogP contribution in [0.5, 0.6) is 0 Å². The Morgan fingerprint density at radius 2 is 1.56 bits per heavy atom. The summed E-state index contributed by atoms with van der Waals surface area (Å²) in [5.74, 6) is 0.243. The maximum Gasteiger partial charge on any atom is 0.224 e. The van der Waals surface area contributed by atoms with Gasteiger partial charge in [-0.15, -0.1) is 0 Å². The van der Waals surface area contributed by atoms with Crippen molar-refractivity contribution in [2.24, 2.45) is 35.0 Å².